The summed E-state index contributed by atoms with van der Waals surface area (Å²) in [5.74, 6) is 0.713. The third-order valence-electron chi connectivity index (χ3n) is 4.17. The molecule has 7 nitrogen and oxygen atoms in total. The lowest BCUT2D eigenvalue weighted by Crippen LogP contribution is -2.37. The molecular weight excluding hydrogens is 360 g/mol. The Morgan fingerprint density at radius 1 is 1.39 bits per heavy atom. The van der Waals surface area contributed by atoms with Crippen LogP contribution in [0.3, 0.4) is 0 Å². The topological polar surface area (TPSA) is 77.2 Å². The number of thiophene rings is 1. The summed E-state index contributed by atoms with van der Waals surface area (Å²) in [4.78, 5) is 12.0. The molecule has 0 saturated carbocycles. The van der Waals surface area contributed by atoms with E-state index in [-0.39, 0.29) is 15.9 Å². The van der Waals surface area contributed by atoms with Gasteiger partial charge in [0, 0.05) is 33.1 Å². The molecule has 23 heavy (non-hydrogen) atoms. The van der Waals surface area contributed by atoms with E-state index >= 15 is 0 Å². The second-order valence-corrected chi connectivity index (χ2v) is 9.47. The first-order valence-corrected chi connectivity index (χ1v) is 9.80. The molecule has 1 aliphatic heterocycles. The van der Waals surface area contributed by atoms with Crippen molar-refractivity contribution in [3.63, 3.8) is 0 Å². The van der Waals surface area contributed by atoms with Crippen molar-refractivity contribution in [3.05, 3.63) is 32.8 Å². The first-order valence-electron chi connectivity index (χ1n) is 7.17. The van der Waals surface area contributed by atoms with Gasteiger partial charge in [0.25, 0.3) is 10.0 Å². The van der Waals surface area contributed by atoms with E-state index < -0.39 is 10.0 Å². The molecule has 3 heterocycles. The fourth-order valence-corrected chi connectivity index (χ4v) is 5.91. The molecule has 0 N–H and O–H groups in total. The molecule has 0 aliphatic carbocycles. The maximum atomic E-state index is 12.7. The zero-order valence-corrected chi connectivity index (χ0v) is 15.2. The number of sulfonamides is 1. The molecule has 0 amide bonds. The average Bonchev–Trinajstić information content (AvgIpc) is 2.97. The van der Waals surface area contributed by atoms with Crippen molar-refractivity contribution in [2.24, 2.45) is 7.05 Å². The Balaban J connectivity index is 1.82. The average molecular weight is 377 g/mol. The summed E-state index contributed by atoms with van der Waals surface area (Å²) in [6.07, 6.45) is 1.78. The van der Waals surface area contributed by atoms with Crippen LogP contribution in [0.5, 0.6) is 0 Å². The monoisotopic (exact) mass is 376 g/mol. The fraction of sp³-hybridized carbons (Fsp3) is 0.538. The van der Waals surface area contributed by atoms with Crippen LogP contribution in [-0.4, -0.2) is 40.2 Å². The van der Waals surface area contributed by atoms with Crippen LogP contribution in [0, 0.1) is 0 Å². The van der Waals surface area contributed by atoms with Crippen LogP contribution in [0.4, 0.5) is 0 Å². The molecule has 0 aromatic carbocycles. The minimum Gasteiger partial charge on any atom is -0.279 e. The predicted molar refractivity (Wildman–Crippen MR) is 88.5 cm³/mol. The van der Waals surface area contributed by atoms with Gasteiger partial charge < -0.3 is 0 Å². The van der Waals surface area contributed by atoms with Crippen LogP contribution in [0.15, 0.2) is 21.1 Å². The normalized spacial score (nSPS) is 18.9. The minimum atomic E-state index is -3.57. The number of hydrogen-bond donors (Lipinski definition) is 0. The van der Waals surface area contributed by atoms with E-state index in [4.69, 9.17) is 11.6 Å². The van der Waals surface area contributed by atoms with Crippen LogP contribution < -0.4 is 5.69 Å². The second-order valence-electron chi connectivity index (χ2n) is 5.54. The molecule has 0 radical (unpaired) electrons. The van der Waals surface area contributed by atoms with Crippen molar-refractivity contribution in [1.82, 2.24) is 18.7 Å². The Bertz CT molecular complexity index is 883. The number of nitrogens with zero attached hydrogens (tertiary/aromatic N) is 4. The van der Waals surface area contributed by atoms with Gasteiger partial charge in [-0.2, -0.15) is 9.40 Å². The zero-order valence-electron chi connectivity index (χ0n) is 12.8. The maximum absolute atomic E-state index is 12.7. The Kier molecular flexibility index (Phi) is 4.39. The van der Waals surface area contributed by atoms with E-state index in [1.54, 1.807) is 24.7 Å². The highest BCUT2D eigenvalue weighted by Gasteiger charge is 2.31. The summed E-state index contributed by atoms with van der Waals surface area (Å²) in [5, 5.41) is 4.21. The molecule has 1 atom stereocenters. The van der Waals surface area contributed by atoms with Crippen molar-refractivity contribution >= 4 is 33.0 Å². The van der Waals surface area contributed by atoms with E-state index in [1.165, 1.54) is 15.1 Å². The summed E-state index contributed by atoms with van der Waals surface area (Å²) in [7, 11) is -0.362. The zero-order chi connectivity index (χ0) is 16.8. The molecule has 2 aromatic heterocycles. The van der Waals surface area contributed by atoms with Crippen LogP contribution >= 0.6 is 22.9 Å². The Morgan fingerprint density at radius 3 is 2.78 bits per heavy atom. The van der Waals surface area contributed by atoms with E-state index in [2.05, 4.69) is 5.10 Å². The highest BCUT2D eigenvalue weighted by molar-refractivity contribution is 7.91. The summed E-state index contributed by atoms with van der Waals surface area (Å²) in [5.41, 5.74) is -0.156. The number of hydrogen-bond acceptors (Lipinski definition) is 5. The van der Waals surface area contributed by atoms with Crippen LogP contribution in [0.25, 0.3) is 0 Å². The van der Waals surface area contributed by atoms with Gasteiger partial charge in [0.2, 0.25) is 0 Å². The smallest absolute Gasteiger partial charge is 0.279 e. The number of halogens is 1. The summed E-state index contributed by atoms with van der Waals surface area (Å²) in [6.45, 7) is 0.470. The molecule has 126 valence electrons. The van der Waals surface area contributed by atoms with Gasteiger partial charge in [-0.25, -0.2) is 17.9 Å². The Labute approximate surface area is 143 Å². The van der Waals surface area contributed by atoms with E-state index in [0.29, 0.717) is 36.0 Å². The van der Waals surface area contributed by atoms with Crippen LogP contribution in [-0.2, 0) is 30.0 Å². The number of aromatic nitrogens is 3. The lowest BCUT2D eigenvalue weighted by molar-refractivity contribution is 0.329. The third-order valence-corrected chi connectivity index (χ3v) is 7.78. The molecular formula is C13H17ClN4O3S2. The van der Waals surface area contributed by atoms with Gasteiger partial charge in [-0.15, -0.1) is 11.3 Å². The summed E-state index contributed by atoms with van der Waals surface area (Å²) in [6, 6.07) is 2.93. The highest BCUT2D eigenvalue weighted by atomic mass is 35.5. The number of rotatable bonds is 3. The lowest BCUT2D eigenvalue weighted by atomic mass is 10.1. The standard InChI is InChI=1S/C13H17ClN4O3S2/c1-16-13(19)18-8-7-9(3-5-11(18)15-16)17(2)23(20,21)12-6-4-10(14)22-12/h4,6,9H,3,5,7-8H2,1-2H3. The predicted octanol–water partition coefficient (Wildman–Crippen LogP) is 1.32. The maximum Gasteiger partial charge on any atom is 0.345 e. The first-order chi connectivity index (χ1) is 10.8. The first kappa shape index (κ1) is 16.7. The van der Waals surface area contributed by atoms with Gasteiger partial charge in [0.05, 0.1) is 4.34 Å². The Morgan fingerprint density at radius 2 is 2.13 bits per heavy atom. The highest BCUT2D eigenvalue weighted by Crippen LogP contribution is 2.30. The molecule has 2 aromatic rings. The van der Waals surface area contributed by atoms with Gasteiger partial charge in [0.15, 0.2) is 0 Å². The van der Waals surface area contributed by atoms with Crippen molar-refractivity contribution in [3.8, 4) is 0 Å². The van der Waals surface area contributed by atoms with Crippen molar-refractivity contribution in [2.75, 3.05) is 7.05 Å². The van der Waals surface area contributed by atoms with Crippen LogP contribution in [0.1, 0.15) is 18.7 Å². The van der Waals surface area contributed by atoms with Gasteiger partial charge >= 0.3 is 5.69 Å². The fourth-order valence-electron chi connectivity index (χ4n) is 2.82. The quantitative estimate of drug-likeness (QED) is 0.809. The van der Waals surface area contributed by atoms with Crippen molar-refractivity contribution < 1.29 is 8.42 Å². The molecule has 0 spiro atoms. The molecule has 0 bridgehead atoms. The van der Waals surface area contributed by atoms with Gasteiger partial charge in [-0.1, -0.05) is 11.6 Å². The van der Waals surface area contributed by atoms with Crippen molar-refractivity contribution in [1.29, 1.82) is 0 Å². The van der Waals surface area contributed by atoms with E-state index in [0.717, 1.165) is 11.3 Å². The molecule has 1 aliphatic rings. The van der Waals surface area contributed by atoms with Crippen molar-refractivity contribution in [2.45, 2.75) is 36.1 Å². The Hall–Kier alpha value is -1.16. The third kappa shape index (κ3) is 2.98. The molecule has 10 heteroatoms. The van der Waals surface area contributed by atoms with Gasteiger partial charge in [0.1, 0.15) is 10.0 Å². The van der Waals surface area contributed by atoms with E-state index in [9.17, 15) is 13.2 Å². The molecule has 3 rings (SSSR count). The second kappa shape index (κ2) is 6.04. The van der Waals surface area contributed by atoms with E-state index in [1.807, 2.05) is 0 Å². The largest absolute Gasteiger partial charge is 0.345 e. The number of aryl methyl sites for hydroxylation is 2. The summed E-state index contributed by atoms with van der Waals surface area (Å²) >= 11 is 6.90. The molecule has 0 saturated heterocycles. The van der Waals surface area contributed by atoms with Crippen LogP contribution in [0.2, 0.25) is 4.34 Å². The lowest BCUT2D eigenvalue weighted by Gasteiger charge is -2.25. The number of fused-ring (bicyclic) bond motifs is 1. The minimum absolute atomic E-state index is 0.156. The molecule has 0 fully saturated rings. The summed E-state index contributed by atoms with van der Waals surface area (Å²) < 4.78 is 30.4. The molecule has 1 unspecified atom stereocenters. The SMILES string of the molecule is CN(C1CCc2nn(C)c(=O)n2CC1)S(=O)(=O)c1ccc(Cl)s1. The van der Waals surface area contributed by atoms with Gasteiger partial charge in [-0.05, 0) is 25.0 Å². The van der Waals surface area contributed by atoms with Gasteiger partial charge in [-0.3, -0.25) is 4.57 Å².